The molecule has 0 radical (unpaired) electrons. The van der Waals surface area contributed by atoms with Crippen molar-refractivity contribution in [2.45, 2.75) is 74.6 Å². The first kappa shape index (κ1) is 26.4. The van der Waals surface area contributed by atoms with E-state index in [9.17, 15) is 14.3 Å². The number of carbonyl (C=O) groups is 1. The van der Waals surface area contributed by atoms with Crippen LogP contribution in [0.25, 0.3) is 11.3 Å². The van der Waals surface area contributed by atoms with Gasteiger partial charge in [0.2, 0.25) is 5.76 Å². The number of aliphatic carboxylic acids is 1. The Morgan fingerprint density at radius 2 is 1.95 bits per heavy atom. The molecular formula is C29H32FNO6S. The Bertz CT molecular complexity index is 1250. The molecule has 1 unspecified atom stereocenters. The summed E-state index contributed by atoms with van der Waals surface area (Å²) in [7, 11) is 1.52. The average molecular weight is 542 g/mol. The second-order valence-electron chi connectivity index (χ2n) is 9.79. The molecule has 1 heterocycles. The summed E-state index contributed by atoms with van der Waals surface area (Å²) in [6.45, 7) is 0.0555. The summed E-state index contributed by atoms with van der Waals surface area (Å²) in [6.07, 6.45) is 7.47. The van der Waals surface area contributed by atoms with Gasteiger partial charge in [0.05, 0.1) is 25.2 Å². The third-order valence-electron chi connectivity index (χ3n) is 6.82. The average Bonchev–Trinajstić information content (AvgIpc) is 3.66. The molecule has 0 saturated heterocycles. The van der Waals surface area contributed by atoms with Crippen molar-refractivity contribution in [3.8, 4) is 28.6 Å². The van der Waals surface area contributed by atoms with Crippen LogP contribution in [0.4, 0.5) is 4.39 Å². The van der Waals surface area contributed by atoms with Gasteiger partial charge < -0.3 is 23.8 Å². The highest BCUT2D eigenvalue weighted by atomic mass is 32.2. The SMILES string of the molecule is COc1ccc(F)c(-c2onc(COc3cccc(C(CC(=O)O)SC4CC4)c3)c2OC2CCCCC2)c1. The van der Waals surface area contributed by atoms with Crippen LogP contribution in [-0.2, 0) is 11.4 Å². The lowest BCUT2D eigenvalue weighted by molar-refractivity contribution is -0.137. The molecule has 5 rings (SSSR count). The van der Waals surface area contributed by atoms with Gasteiger partial charge in [-0.05, 0) is 74.4 Å². The Labute approximate surface area is 225 Å². The molecule has 38 heavy (non-hydrogen) atoms. The summed E-state index contributed by atoms with van der Waals surface area (Å²) < 4.78 is 38.2. The van der Waals surface area contributed by atoms with Crippen LogP contribution in [0, 0.1) is 5.82 Å². The lowest BCUT2D eigenvalue weighted by atomic mass is 9.97. The zero-order chi connectivity index (χ0) is 26.5. The van der Waals surface area contributed by atoms with Gasteiger partial charge in [-0.2, -0.15) is 0 Å². The number of aromatic nitrogens is 1. The number of benzene rings is 2. The maximum atomic E-state index is 14.8. The van der Waals surface area contributed by atoms with Crippen molar-refractivity contribution in [1.82, 2.24) is 5.16 Å². The van der Waals surface area contributed by atoms with Crippen molar-refractivity contribution in [2.75, 3.05) is 7.11 Å². The Morgan fingerprint density at radius 3 is 2.68 bits per heavy atom. The molecule has 1 aromatic heterocycles. The number of nitrogens with zero attached hydrogens (tertiary/aromatic N) is 1. The summed E-state index contributed by atoms with van der Waals surface area (Å²) in [5, 5.41) is 14.0. The molecule has 2 fully saturated rings. The second-order valence-corrected chi connectivity index (χ2v) is 11.3. The van der Waals surface area contributed by atoms with Gasteiger partial charge in [-0.1, -0.05) is 23.7 Å². The van der Waals surface area contributed by atoms with E-state index in [-0.39, 0.29) is 35.7 Å². The fourth-order valence-corrected chi connectivity index (χ4v) is 6.07. The molecule has 1 N–H and O–H groups in total. The third kappa shape index (κ3) is 6.62. The van der Waals surface area contributed by atoms with Crippen molar-refractivity contribution in [3.05, 3.63) is 59.5 Å². The predicted octanol–water partition coefficient (Wildman–Crippen LogP) is 7.19. The standard InChI is InChI=1S/C29H32FNO6S/c1-34-20-10-13-24(30)23(15-20)28-29(36-19-7-3-2-4-8-19)25(31-37-28)17-35-21-9-5-6-18(14-21)26(16-27(32)33)38-22-11-12-22/h5-6,9-10,13-15,19,22,26H,2-4,7-8,11-12,16-17H2,1H3,(H,32,33). The highest BCUT2D eigenvalue weighted by Crippen LogP contribution is 2.45. The molecule has 2 aromatic carbocycles. The van der Waals surface area contributed by atoms with E-state index in [2.05, 4.69) is 5.16 Å². The van der Waals surface area contributed by atoms with Crippen LogP contribution < -0.4 is 14.2 Å². The number of hydrogen-bond acceptors (Lipinski definition) is 7. The van der Waals surface area contributed by atoms with E-state index in [0.717, 1.165) is 44.1 Å². The first-order valence-electron chi connectivity index (χ1n) is 13.1. The number of halogens is 1. The van der Waals surface area contributed by atoms with Crippen molar-refractivity contribution in [3.63, 3.8) is 0 Å². The monoisotopic (exact) mass is 541 g/mol. The van der Waals surface area contributed by atoms with E-state index >= 15 is 0 Å². The van der Waals surface area contributed by atoms with E-state index in [4.69, 9.17) is 18.7 Å². The first-order valence-corrected chi connectivity index (χ1v) is 14.0. The fraction of sp³-hybridized carbons (Fsp3) is 0.448. The quantitative estimate of drug-likeness (QED) is 0.258. The molecule has 0 bridgehead atoms. The normalized spacial score (nSPS) is 16.7. The molecule has 0 aliphatic heterocycles. The first-order chi connectivity index (χ1) is 18.5. The number of carboxylic acid groups (broad SMARTS) is 1. The van der Waals surface area contributed by atoms with Gasteiger partial charge in [-0.15, -0.1) is 11.8 Å². The largest absolute Gasteiger partial charge is 0.497 e. The van der Waals surface area contributed by atoms with Gasteiger partial charge >= 0.3 is 5.97 Å². The molecule has 0 spiro atoms. The summed E-state index contributed by atoms with van der Waals surface area (Å²) in [5.74, 6) is 0.396. The minimum atomic E-state index is -0.820. The van der Waals surface area contributed by atoms with Gasteiger partial charge in [0.1, 0.15) is 23.9 Å². The maximum Gasteiger partial charge on any atom is 0.304 e. The van der Waals surface area contributed by atoms with Crippen LogP contribution in [0.2, 0.25) is 0 Å². The van der Waals surface area contributed by atoms with Gasteiger partial charge in [0.25, 0.3) is 0 Å². The summed E-state index contributed by atoms with van der Waals surface area (Å²) in [6, 6.07) is 12.0. The topological polar surface area (TPSA) is 91.0 Å². The van der Waals surface area contributed by atoms with E-state index < -0.39 is 11.8 Å². The van der Waals surface area contributed by atoms with Gasteiger partial charge in [0, 0.05) is 10.5 Å². The Balaban J connectivity index is 1.38. The molecule has 0 amide bonds. The molecule has 2 aliphatic carbocycles. The fourth-order valence-electron chi connectivity index (χ4n) is 4.65. The van der Waals surface area contributed by atoms with Gasteiger partial charge in [-0.25, -0.2) is 4.39 Å². The highest BCUT2D eigenvalue weighted by molar-refractivity contribution is 8.00. The lowest BCUT2D eigenvalue weighted by Gasteiger charge is -2.23. The van der Waals surface area contributed by atoms with Crippen molar-refractivity contribution >= 4 is 17.7 Å². The Kier molecular flexibility index (Phi) is 8.42. The van der Waals surface area contributed by atoms with Crippen LogP contribution in [-0.4, -0.2) is 34.7 Å². The second kappa shape index (κ2) is 12.1. The van der Waals surface area contributed by atoms with E-state index in [0.29, 0.717) is 28.2 Å². The zero-order valence-electron chi connectivity index (χ0n) is 21.4. The van der Waals surface area contributed by atoms with E-state index in [1.54, 1.807) is 23.9 Å². The van der Waals surface area contributed by atoms with Crippen LogP contribution >= 0.6 is 11.8 Å². The molecule has 2 saturated carbocycles. The maximum absolute atomic E-state index is 14.8. The summed E-state index contributed by atoms with van der Waals surface area (Å²) in [5.41, 5.74) is 1.57. The minimum absolute atomic E-state index is 0.00567. The lowest BCUT2D eigenvalue weighted by Crippen LogP contribution is -2.20. The van der Waals surface area contributed by atoms with E-state index in [1.165, 1.54) is 19.6 Å². The Morgan fingerprint density at radius 1 is 1.13 bits per heavy atom. The molecule has 2 aliphatic rings. The number of ether oxygens (including phenoxy) is 3. The van der Waals surface area contributed by atoms with E-state index in [1.807, 2.05) is 24.3 Å². The molecule has 1 atom stereocenters. The highest BCUT2D eigenvalue weighted by Gasteiger charge is 2.29. The number of rotatable bonds is 12. The Hall–Kier alpha value is -3.20. The van der Waals surface area contributed by atoms with Crippen molar-refractivity contribution in [2.24, 2.45) is 0 Å². The van der Waals surface area contributed by atoms with Crippen molar-refractivity contribution < 1.29 is 33.0 Å². The zero-order valence-corrected chi connectivity index (χ0v) is 22.2. The molecular weight excluding hydrogens is 509 g/mol. The minimum Gasteiger partial charge on any atom is -0.497 e. The predicted molar refractivity (Wildman–Crippen MR) is 142 cm³/mol. The van der Waals surface area contributed by atoms with Crippen LogP contribution in [0.5, 0.6) is 17.2 Å². The molecule has 7 nitrogen and oxygen atoms in total. The molecule has 9 heteroatoms. The number of carboxylic acids is 1. The molecule has 202 valence electrons. The van der Waals surface area contributed by atoms with Crippen molar-refractivity contribution in [1.29, 1.82) is 0 Å². The van der Waals surface area contributed by atoms with Crippen LogP contribution in [0.1, 0.15) is 67.9 Å². The van der Waals surface area contributed by atoms with Crippen LogP contribution in [0.3, 0.4) is 0 Å². The number of thioether (sulfide) groups is 1. The number of methoxy groups -OCH3 is 1. The smallest absolute Gasteiger partial charge is 0.304 e. The van der Waals surface area contributed by atoms with Gasteiger partial charge in [0.15, 0.2) is 11.4 Å². The summed E-state index contributed by atoms with van der Waals surface area (Å²) in [4.78, 5) is 11.5. The van der Waals surface area contributed by atoms with Gasteiger partial charge in [-0.3, -0.25) is 4.79 Å². The van der Waals surface area contributed by atoms with Crippen LogP contribution in [0.15, 0.2) is 47.0 Å². The summed E-state index contributed by atoms with van der Waals surface area (Å²) >= 11 is 1.71. The third-order valence-corrected chi connectivity index (χ3v) is 8.44. The molecule has 3 aromatic rings. The number of hydrogen-bond donors (Lipinski definition) is 1.